The van der Waals surface area contributed by atoms with E-state index in [0.717, 1.165) is 10.9 Å². The third-order valence-electron chi connectivity index (χ3n) is 2.00. The maximum atomic E-state index is 11.4. The molecular formula is C10H7N3O. The lowest BCUT2D eigenvalue weighted by Crippen LogP contribution is -1.96. The number of aromatic amines is 1. The summed E-state index contributed by atoms with van der Waals surface area (Å²) in [7, 11) is 0. The van der Waals surface area contributed by atoms with Gasteiger partial charge in [-0.2, -0.15) is 10.4 Å². The third-order valence-corrected chi connectivity index (χ3v) is 2.00. The van der Waals surface area contributed by atoms with Crippen LogP contribution in [0.5, 0.6) is 0 Å². The average molecular weight is 185 g/mol. The molecule has 0 aliphatic carbocycles. The SMILES string of the molecule is N#CCC(=O)c1ccc2[nH]ncc2c1. The molecule has 0 aliphatic rings. The Kier molecular flexibility index (Phi) is 1.99. The predicted molar refractivity (Wildman–Crippen MR) is 50.7 cm³/mol. The van der Waals surface area contributed by atoms with Crippen LogP contribution >= 0.6 is 0 Å². The molecule has 0 fully saturated rings. The molecule has 2 aromatic rings. The van der Waals surface area contributed by atoms with Crippen molar-refractivity contribution in [3.05, 3.63) is 30.0 Å². The van der Waals surface area contributed by atoms with Crippen LogP contribution in [0, 0.1) is 11.3 Å². The summed E-state index contributed by atoms with van der Waals surface area (Å²) in [5.74, 6) is -0.157. The Bertz CT molecular complexity index is 521. The lowest BCUT2D eigenvalue weighted by molar-refractivity contribution is 0.0998. The standard InChI is InChI=1S/C10H7N3O/c11-4-3-10(14)7-1-2-9-8(5-7)6-12-13-9/h1-2,5-6H,3H2,(H,12,13). The number of nitriles is 1. The molecule has 0 amide bonds. The maximum Gasteiger partial charge on any atom is 0.176 e. The Morgan fingerprint density at radius 3 is 3.21 bits per heavy atom. The molecule has 68 valence electrons. The van der Waals surface area contributed by atoms with Gasteiger partial charge in [-0.3, -0.25) is 9.89 Å². The summed E-state index contributed by atoms with van der Waals surface area (Å²) >= 11 is 0. The van der Waals surface area contributed by atoms with E-state index in [-0.39, 0.29) is 12.2 Å². The summed E-state index contributed by atoms with van der Waals surface area (Å²) in [5, 5.41) is 15.9. The molecule has 4 nitrogen and oxygen atoms in total. The number of hydrogen-bond donors (Lipinski definition) is 1. The van der Waals surface area contributed by atoms with Crippen LogP contribution in [0.1, 0.15) is 16.8 Å². The largest absolute Gasteiger partial charge is 0.293 e. The van der Waals surface area contributed by atoms with E-state index in [9.17, 15) is 4.79 Å². The zero-order chi connectivity index (χ0) is 9.97. The third kappa shape index (κ3) is 1.36. The monoisotopic (exact) mass is 185 g/mol. The molecule has 0 spiro atoms. The number of carbonyl (C=O) groups excluding carboxylic acids is 1. The van der Waals surface area contributed by atoms with Gasteiger partial charge in [-0.15, -0.1) is 0 Å². The summed E-state index contributed by atoms with van der Waals surface area (Å²) in [6.07, 6.45) is 1.57. The highest BCUT2D eigenvalue weighted by molar-refractivity contribution is 6.00. The summed E-state index contributed by atoms with van der Waals surface area (Å²) < 4.78 is 0. The van der Waals surface area contributed by atoms with Crippen molar-refractivity contribution < 1.29 is 4.79 Å². The van der Waals surface area contributed by atoms with Gasteiger partial charge in [0.25, 0.3) is 0 Å². The van der Waals surface area contributed by atoms with Crippen molar-refractivity contribution in [1.82, 2.24) is 10.2 Å². The minimum atomic E-state index is -0.157. The summed E-state index contributed by atoms with van der Waals surface area (Å²) in [4.78, 5) is 11.4. The van der Waals surface area contributed by atoms with Gasteiger partial charge in [-0.25, -0.2) is 0 Å². The zero-order valence-corrected chi connectivity index (χ0v) is 7.32. The fraction of sp³-hybridized carbons (Fsp3) is 0.100. The number of carbonyl (C=O) groups is 1. The molecular weight excluding hydrogens is 178 g/mol. The van der Waals surface area contributed by atoms with Crippen molar-refractivity contribution in [3.63, 3.8) is 0 Å². The first-order chi connectivity index (χ1) is 6.81. The van der Waals surface area contributed by atoms with E-state index in [1.807, 2.05) is 6.07 Å². The Morgan fingerprint density at radius 2 is 2.43 bits per heavy atom. The summed E-state index contributed by atoms with van der Waals surface area (Å²) in [6, 6.07) is 7.05. The normalized spacial score (nSPS) is 9.93. The maximum absolute atomic E-state index is 11.4. The van der Waals surface area contributed by atoms with Gasteiger partial charge in [0.05, 0.1) is 24.2 Å². The molecule has 2 rings (SSSR count). The van der Waals surface area contributed by atoms with Crippen LogP contribution in [-0.2, 0) is 0 Å². The summed E-state index contributed by atoms with van der Waals surface area (Å²) in [5.41, 5.74) is 1.44. The van der Waals surface area contributed by atoms with Crippen molar-refractivity contribution in [3.8, 4) is 6.07 Å². The summed E-state index contributed by atoms with van der Waals surface area (Å²) in [6.45, 7) is 0. The minimum absolute atomic E-state index is 0.0800. The van der Waals surface area contributed by atoms with E-state index >= 15 is 0 Å². The van der Waals surface area contributed by atoms with Gasteiger partial charge in [0.1, 0.15) is 0 Å². The first kappa shape index (κ1) is 8.45. The first-order valence-corrected chi connectivity index (χ1v) is 4.14. The van der Waals surface area contributed by atoms with Crippen LogP contribution < -0.4 is 0 Å². The second-order valence-electron chi connectivity index (χ2n) is 2.93. The molecule has 1 heterocycles. The van der Waals surface area contributed by atoms with Crippen LogP contribution in [-0.4, -0.2) is 16.0 Å². The Hall–Kier alpha value is -2.15. The molecule has 0 saturated heterocycles. The highest BCUT2D eigenvalue weighted by Crippen LogP contribution is 2.13. The fourth-order valence-corrected chi connectivity index (χ4v) is 1.29. The zero-order valence-electron chi connectivity index (χ0n) is 7.32. The molecule has 1 N–H and O–H groups in total. The molecule has 4 heteroatoms. The van der Waals surface area contributed by atoms with Gasteiger partial charge < -0.3 is 0 Å². The fourth-order valence-electron chi connectivity index (χ4n) is 1.29. The van der Waals surface area contributed by atoms with E-state index < -0.39 is 0 Å². The van der Waals surface area contributed by atoms with Gasteiger partial charge in [0.15, 0.2) is 5.78 Å². The molecule has 0 unspecified atom stereocenters. The highest BCUT2D eigenvalue weighted by atomic mass is 16.1. The highest BCUT2D eigenvalue weighted by Gasteiger charge is 2.05. The second kappa shape index (κ2) is 3.30. The van der Waals surface area contributed by atoms with Crippen LogP contribution in [0.2, 0.25) is 0 Å². The number of Topliss-reactive ketones (excluding diaryl/α,β-unsaturated/α-hetero) is 1. The Morgan fingerprint density at radius 1 is 1.57 bits per heavy atom. The number of nitrogens with zero attached hydrogens (tertiary/aromatic N) is 2. The number of nitrogens with one attached hydrogen (secondary N) is 1. The van der Waals surface area contributed by atoms with E-state index in [2.05, 4.69) is 10.2 Å². The topological polar surface area (TPSA) is 69.5 Å². The number of hydrogen-bond acceptors (Lipinski definition) is 3. The van der Waals surface area contributed by atoms with Crippen molar-refractivity contribution in [2.75, 3.05) is 0 Å². The van der Waals surface area contributed by atoms with Gasteiger partial charge >= 0.3 is 0 Å². The van der Waals surface area contributed by atoms with Crippen molar-refractivity contribution in [2.24, 2.45) is 0 Å². The lowest BCUT2D eigenvalue weighted by atomic mass is 10.1. The number of H-pyrrole nitrogens is 1. The van der Waals surface area contributed by atoms with E-state index in [4.69, 9.17) is 5.26 Å². The van der Waals surface area contributed by atoms with Crippen LogP contribution in [0.25, 0.3) is 10.9 Å². The molecule has 0 radical (unpaired) electrons. The van der Waals surface area contributed by atoms with Gasteiger partial charge in [0.2, 0.25) is 0 Å². The molecule has 0 aliphatic heterocycles. The molecule has 0 atom stereocenters. The number of ketones is 1. The first-order valence-electron chi connectivity index (χ1n) is 4.14. The lowest BCUT2D eigenvalue weighted by Gasteiger charge is -1.95. The van der Waals surface area contributed by atoms with Gasteiger partial charge in [-0.05, 0) is 18.2 Å². The van der Waals surface area contributed by atoms with Crippen molar-refractivity contribution in [2.45, 2.75) is 6.42 Å². The molecule has 1 aromatic carbocycles. The number of aromatic nitrogens is 2. The van der Waals surface area contributed by atoms with E-state index in [1.54, 1.807) is 24.4 Å². The molecule has 0 bridgehead atoms. The van der Waals surface area contributed by atoms with E-state index in [0.29, 0.717) is 5.56 Å². The minimum Gasteiger partial charge on any atom is -0.293 e. The smallest absolute Gasteiger partial charge is 0.176 e. The predicted octanol–water partition coefficient (Wildman–Crippen LogP) is 1.66. The molecule has 1 aromatic heterocycles. The van der Waals surface area contributed by atoms with Crippen LogP contribution in [0.4, 0.5) is 0 Å². The van der Waals surface area contributed by atoms with Crippen LogP contribution in [0.15, 0.2) is 24.4 Å². The molecule has 14 heavy (non-hydrogen) atoms. The number of benzene rings is 1. The van der Waals surface area contributed by atoms with Gasteiger partial charge in [-0.1, -0.05) is 0 Å². The van der Waals surface area contributed by atoms with E-state index in [1.165, 1.54) is 0 Å². The van der Waals surface area contributed by atoms with Crippen molar-refractivity contribution >= 4 is 16.7 Å². The number of fused-ring (bicyclic) bond motifs is 1. The number of rotatable bonds is 2. The van der Waals surface area contributed by atoms with Crippen molar-refractivity contribution in [1.29, 1.82) is 5.26 Å². The van der Waals surface area contributed by atoms with Gasteiger partial charge in [0, 0.05) is 10.9 Å². The Labute approximate surface area is 80.2 Å². The quantitative estimate of drug-likeness (QED) is 0.723. The second-order valence-corrected chi connectivity index (χ2v) is 2.93. The Balaban J connectivity index is 2.44. The van der Waals surface area contributed by atoms with Crippen LogP contribution in [0.3, 0.4) is 0 Å². The molecule has 0 saturated carbocycles. The average Bonchev–Trinajstić information content (AvgIpc) is 2.64.